The molecule has 0 bridgehead atoms. The highest BCUT2D eigenvalue weighted by Crippen LogP contribution is 2.23. The van der Waals surface area contributed by atoms with Crippen LogP contribution in [0.25, 0.3) is 0 Å². The summed E-state index contributed by atoms with van der Waals surface area (Å²) in [5.41, 5.74) is 3.41. The molecule has 0 saturated heterocycles. The van der Waals surface area contributed by atoms with E-state index in [1.54, 1.807) is 19.2 Å². The lowest BCUT2D eigenvalue weighted by Crippen LogP contribution is -2.18. The minimum atomic E-state index is -0.243. The number of aryl methyl sites for hydroxylation is 1. The highest BCUT2D eigenvalue weighted by Gasteiger charge is 2.10. The highest BCUT2D eigenvalue weighted by atomic mass is 19.1. The van der Waals surface area contributed by atoms with Gasteiger partial charge in [-0.15, -0.1) is 0 Å². The van der Waals surface area contributed by atoms with Crippen molar-refractivity contribution in [2.75, 3.05) is 12.4 Å². The lowest BCUT2D eigenvalue weighted by molar-refractivity contribution is 0.0963. The molecule has 2 rings (SSSR count). The van der Waals surface area contributed by atoms with Gasteiger partial charge in [-0.2, -0.15) is 0 Å². The van der Waals surface area contributed by atoms with Crippen molar-refractivity contribution in [3.05, 3.63) is 65.0 Å². The fraction of sp³-hybridized carbons (Fsp3) is 0.235. The van der Waals surface area contributed by atoms with E-state index in [0.29, 0.717) is 5.56 Å². The van der Waals surface area contributed by atoms with Crippen LogP contribution in [-0.4, -0.2) is 13.0 Å². The van der Waals surface area contributed by atoms with Gasteiger partial charge in [-0.25, -0.2) is 4.39 Å². The third-order valence-corrected chi connectivity index (χ3v) is 3.44. The van der Waals surface area contributed by atoms with Crippen LogP contribution in [0.2, 0.25) is 0 Å². The number of carbonyl (C=O) groups excluding carboxylic acids is 1. The zero-order chi connectivity index (χ0) is 15.4. The predicted molar refractivity (Wildman–Crippen MR) is 83.0 cm³/mol. The summed E-state index contributed by atoms with van der Waals surface area (Å²) in [4.78, 5) is 11.6. The van der Waals surface area contributed by atoms with Gasteiger partial charge in [0.2, 0.25) is 0 Å². The summed E-state index contributed by atoms with van der Waals surface area (Å²) in [6.07, 6.45) is 0. The van der Waals surface area contributed by atoms with Crippen LogP contribution in [0.15, 0.2) is 42.5 Å². The molecule has 4 heteroatoms. The average molecular weight is 286 g/mol. The Hall–Kier alpha value is -2.36. The normalized spacial score (nSPS) is 11.8. The molecule has 2 N–H and O–H groups in total. The van der Waals surface area contributed by atoms with Crippen LogP contribution in [0.3, 0.4) is 0 Å². The smallest absolute Gasteiger partial charge is 0.251 e. The van der Waals surface area contributed by atoms with Gasteiger partial charge in [0.25, 0.3) is 5.91 Å². The van der Waals surface area contributed by atoms with E-state index in [0.717, 1.165) is 16.8 Å². The fourth-order valence-electron chi connectivity index (χ4n) is 2.20. The molecule has 0 radical (unpaired) electrons. The first-order valence-electron chi connectivity index (χ1n) is 6.86. The number of anilines is 1. The van der Waals surface area contributed by atoms with E-state index >= 15 is 0 Å². The largest absolute Gasteiger partial charge is 0.378 e. The van der Waals surface area contributed by atoms with Gasteiger partial charge in [-0.3, -0.25) is 4.79 Å². The summed E-state index contributed by atoms with van der Waals surface area (Å²) in [5, 5.41) is 5.94. The third kappa shape index (κ3) is 3.60. The van der Waals surface area contributed by atoms with Crippen molar-refractivity contribution in [1.82, 2.24) is 5.32 Å². The van der Waals surface area contributed by atoms with E-state index < -0.39 is 0 Å². The second-order valence-corrected chi connectivity index (χ2v) is 5.03. The van der Waals surface area contributed by atoms with Crippen molar-refractivity contribution >= 4 is 11.6 Å². The summed E-state index contributed by atoms with van der Waals surface area (Å²) in [5.74, 6) is -0.351. The predicted octanol–water partition coefficient (Wildman–Crippen LogP) is 3.67. The van der Waals surface area contributed by atoms with Crippen LogP contribution in [-0.2, 0) is 0 Å². The first kappa shape index (κ1) is 15.0. The second kappa shape index (κ2) is 6.39. The minimum absolute atomic E-state index is 0.0229. The molecule has 0 spiro atoms. The van der Waals surface area contributed by atoms with Crippen LogP contribution >= 0.6 is 0 Å². The molecule has 0 fully saturated rings. The maximum atomic E-state index is 13.3. The van der Waals surface area contributed by atoms with Crippen LogP contribution in [0.4, 0.5) is 10.1 Å². The van der Waals surface area contributed by atoms with E-state index in [1.807, 2.05) is 32.0 Å². The first-order chi connectivity index (χ1) is 10.0. The minimum Gasteiger partial charge on any atom is -0.378 e. The molecular formula is C17H19FN2O. The van der Waals surface area contributed by atoms with E-state index in [9.17, 15) is 9.18 Å². The first-order valence-corrected chi connectivity index (χ1v) is 6.86. The molecule has 3 nitrogen and oxygen atoms in total. The van der Waals surface area contributed by atoms with Gasteiger partial charge >= 0.3 is 0 Å². The maximum absolute atomic E-state index is 13.3. The molecule has 0 heterocycles. The zero-order valence-electron chi connectivity index (χ0n) is 12.4. The van der Waals surface area contributed by atoms with E-state index in [2.05, 4.69) is 10.6 Å². The average Bonchev–Trinajstić information content (AvgIpc) is 2.48. The van der Waals surface area contributed by atoms with Crippen molar-refractivity contribution in [3.8, 4) is 0 Å². The zero-order valence-corrected chi connectivity index (χ0v) is 12.4. The van der Waals surface area contributed by atoms with Crippen LogP contribution in [0.1, 0.15) is 34.5 Å². The third-order valence-electron chi connectivity index (χ3n) is 3.44. The van der Waals surface area contributed by atoms with E-state index in [4.69, 9.17) is 0 Å². The topological polar surface area (TPSA) is 41.1 Å². The molecule has 2 aromatic carbocycles. The Morgan fingerprint density at radius 1 is 1.19 bits per heavy atom. The van der Waals surface area contributed by atoms with Crippen LogP contribution < -0.4 is 10.6 Å². The van der Waals surface area contributed by atoms with E-state index in [1.165, 1.54) is 12.1 Å². The molecule has 0 aliphatic rings. The number of amides is 1. The summed E-state index contributed by atoms with van der Waals surface area (Å²) >= 11 is 0. The molecule has 1 unspecified atom stereocenters. The molecular weight excluding hydrogens is 267 g/mol. The van der Waals surface area contributed by atoms with Gasteiger partial charge < -0.3 is 10.6 Å². The Morgan fingerprint density at radius 2 is 1.95 bits per heavy atom. The van der Waals surface area contributed by atoms with Gasteiger partial charge in [-0.05, 0) is 55.3 Å². The quantitative estimate of drug-likeness (QED) is 0.900. The molecule has 21 heavy (non-hydrogen) atoms. The summed E-state index contributed by atoms with van der Waals surface area (Å²) in [6.45, 7) is 3.91. The fourth-order valence-corrected chi connectivity index (χ4v) is 2.20. The summed E-state index contributed by atoms with van der Waals surface area (Å²) < 4.78 is 13.3. The molecule has 0 aromatic heterocycles. The number of halogens is 1. The van der Waals surface area contributed by atoms with Gasteiger partial charge in [0.1, 0.15) is 5.82 Å². The van der Waals surface area contributed by atoms with E-state index in [-0.39, 0.29) is 17.8 Å². The molecule has 110 valence electrons. The van der Waals surface area contributed by atoms with Gasteiger partial charge in [0.05, 0.1) is 0 Å². The SMILES string of the molecule is CNC(=O)c1ccc(NC(C)c2cccc(F)c2)c(C)c1. The molecule has 0 aliphatic heterocycles. The van der Waals surface area contributed by atoms with Crippen molar-refractivity contribution in [1.29, 1.82) is 0 Å². The van der Waals surface area contributed by atoms with Gasteiger partial charge in [0, 0.05) is 24.3 Å². The lowest BCUT2D eigenvalue weighted by Gasteiger charge is -2.18. The highest BCUT2D eigenvalue weighted by molar-refractivity contribution is 5.94. The second-order valence-electron chi connectivity index (χ2n) is 5.03. The Labute approximate surface area is 124 Å². The number of nitrogens with one attached hydrogen (secondary N) is 2. The van der Waals surface area contributed by atoms with Crippen molar-refractivity contribution in [2.24, 2.45) is 0 Å². The number of hydrogen-bond donors (Lipinski definition) is 2. The van der Waals surface area contributed by atoms with Crippen LogP contribution in [0.5, 0.6) is 0 Å². The van der Waals surface area contributed by atoms with Crippen molar-refractivity contribution < 1.29 is 9.18 Å². The number of carbonyl (C=O) groups is 1. The summed E-state index contributed by atoms with van der Waals surface area (Å²) in [7, 11) is 1.61. The van der Waals surface area contributed by atoms with Gasteiger partial charge in [-0.1, -0.05) is 12.1 Å². The Kier molecular flexibility index (Phi) is 4.58. The Bertz CT molecular complexity index is 655. The van der Waals surface area contributed by atoms with Crippen molar-refractivity contribution in [2.45, 2.75) is 19.9 Å². The molecule has 2 aromatic rings. The molecule has 1 atom stereocenters. The Balaban J connectivity index is 2.18. The standard InChI is InChI=1S/C17H19FN2O/c1-11-9-14(17(21)19-3)7-8-16(11)20-12(2)13-5-4-6-15(18)10-13/h4-10,12,20H,1-3H3,(H,19,21). The van der Waals surface area contributed by atoms with Crippen LogP contribution in [0, 0.1) is 12.7 Å². The maximum Gasteiger partial charge on any atom is 0.251 e. The number of rotatable bonds is 4. The molecule has 0 aliphatic carbocycles. The molecule has 1 amide bonds. The number of hydrogen-bond acceptors (Lipinski definition) is 2. The number of benzene rings is 2. The monoisotopic (exact) mass is 286 g/mol. The molecule has 0 saturated carbocycles. The Morgan fingerprint density at radius 3 is 2.57 bits per heavy atom. The van der Waals surface area contributed by atoms with Crippen molar-refractivity contribution in [3.63, 3.8) is 0 Å². The van der Waals surface area contributed by atoms with Gasteiger partial charge in [0.15, 0.2) is 0 Å². The summed E-state index contributed by atoms with van der Waals surface area (Å²) in [6, 6.07) is 12.0. The lowest BCUT2D eigenvalue weighted by atomic mass is 10.1.